The van der Waals surface area contributed by atoms with Crippen molar-refractivity contribution in [1.29, 1.82) is 0 Å². The Morgan fingerprint density at radius 1 is 1.04 bits per heavy atom. The third kappa shape index (κ3) is 4.03. The Hall–Kier alpha value is -2.86. The van der Waals surface area contributed by atoms with E-state index in [-0.39, 0.29) is 29.5 Å². The molecule has 3 rings (SSSR count). The van der Waals surface area contributed by atoms with Crippen LogP contribution in [0.25, 0.3) is 0 Å². The third-order valence-electron chi connectivity index (χ3n) is 4.96. The average molecular weight is 354 g/mol. The zero-order valence-corrected chi connectivity index (χ0v) is 14.3. The lowest BCUT2D eigenvalue weighted by molar-refractivity contribution is 0.0697. The minimum Gasteiger partial charge on any atom is -0.478 e. The number of carbonyl (C=O) groups is 2. The molecule has 2 aromatic carbocycles. The number of amides is 2. The van der Waals surface area contributed by atoms with E-state index in [9.17, 15) is 14.7 Å². The minimum atomic E-state index is -0.978. The van der Waals surface area contributed by atoms with Gasteiger partial charge in [0.15, 0.2) is 0 Å². The lowest BCUT2D eigenvalue weighted by atomic mass is 10.00. The van der Waals surface area contributed by atoms with E-state index >= 15 is 0 Å². The van der Waals surface area contributed by atoms with E-state index in [4.69, 9.17) is 5.11 Å². The van der Waals surface area contributed by atoms with Crippen LogP contribution in [0.2, 0.25) is 0 Å². The van der Waals surface area contributed by atoms with Crippen LogP contribution in [0.5, 0.6) is 0 Å². The number of hydrogen-bond acceptors (Lipinski definition) is 3. The first-order valence-electron chi connectivity index (χ1n) is 8.54. The molecule has 0 aliphatic heterocycles. The van der Waals surface area contributed by atoms with E-state index in [0.29, 0.717) is 13.1 Å². The maximum absolute atomic E-state index is 12.0. The average Bonchev–Trinajstić information content (AvgIpc) is 3.41. The molecule has 1 aliphatic rings. The van der Waals surface area contributed by atoms with Crippen LogP contribution in [0, 0.1) is 5.41 Å². The number of rotatable bonds is 7. The third-order valence-corrected chi connectivity index (χ3v) is 4.96. The molecule has 0 heterocycles. The highest BCUT2D eigenvalue weighted by molar-refractivity contribution is 5.87. The van der Waals surface area contributed by atoms with Gasteiger partial charge in [0.05, 0.1) is 12.2 Å². The molecule has 0 radical (unpaired) electrons. The summed E-state index contributed by atoms with van der Waals surface area (Å²) < 4.78 is 0. The van der Waals surface area contributed by atoms with Crippen LogP contribution in [0.1, 0.15) is 33.8 Å². The van der Waals surface area contributed by atoms with Crippen LogP contribution in [0.4, 0.5) is 4.79 Å². The lowest BCUT2D eigenvalue weighted by Crippen LogP contribution is -2.39. The zero-order valence-electron chi connectivity index (χ0n) is 14.3. The predicted molar refractivity (Wildman–Crippen MR) is 97.0 cm³/mol. The summed E-state index contributed by atoms with van der Waals surface area (Å²) in [4.78, 5) is 22.8. The maximum atomic E-state index is 12.0. The van der Waals surface area contributed by atoms with Crippen LogP contribution in [-0.4, -0.2) is 35.4 Å². The Labute approximate surface area is 151 Å². The van der Waals surface area contributed by atoms with Crippen molar-refractivity contribution in [2.45, 2.75) is 18.9 Å². The van der Waals surface area contributed by atoms with E-state index < -0.39 is 5.97 Å². The monoisotopic (exact) mass is 354 g/mol. The number of carboxylic acid groups (broad SMARTS) is 1. The van der Waals surface area contributed by atoms with Crippen molar-refractivity contribution >= 4 is 12.0 Å². The molecular weight excluding hydrogens is 332 g/mol. The van der Waals surface area contributed by atoms with Crippen molar-refractivity contribution in [3.05, 3.63) is 71.3 Å². The number of carboxylic acids is 1. The number of aliphatic hydroxyl groups excluding tert-OH is 1. The second kappa shape index (κ2) is 7.58. The molecule has 2 atom stereocenters. The highest BCUT2D eigenvalue weighted by atomic mass is 16.4. The summed E-state index contributed by atoms with van der Waals surface area (Å²) in [7, 11) is 0. The van der Waals surface area contributed by atoms with Gasteiger partial charge in [0.1, 0.15) is 0 Å². The number of nitrogens with one attached hydrogen (secondary N) is 2. The topological polar surface area (TPSA) is 98.7 Å². The molecule has 0 bridgehead atoms. The second-order valence-corrected chi connectivity index (χ2v) is 6.73. The standard InChI is InChI=1S/C20H22N2O4/c23-13-20(10-17(20)15-4-2-1-3-5-15)12-22-19(26)21-11-14-6-8-16(9-7-14)18(24)25/h1-9,17,23H,10-13H2,(H,24,25)(H2,21,22,26). The molecule has 0 spiro atoms. The van der Waals surface area contributed by atoms with Crippen molar-refractivity contribution < 1.29 is 19.8 Å². The number of hydrogen-bond donors (Lipinski definition) is 4. The number of urea groups is 1. The van der Waals surface area contributed by atoms with Crippen LogP contribution >= 0.6 is 0 Å². The van der Waals surface area contributed by atoms with E-state index in [0.717, 1.165) is 12.0 Å². The van der Waals surface area contributed by atoms with Gasteiger partial charge >= 0.3 is 12.0 Å². The fourth-order valence-corrected chi connectivity index (χ4v) is 3.20. The molecule has 1 fully saturated rings. The van der Waals surface area contributed by atoms with Gasteiger partial charge in [-0.1, -0.05) is 42.5 Å². The Morgan fingerprint density at radius 3 is 2.35 bits per heavy atom. The van der Waals surface area contributed by atoms with Gasteiger partial charge in [-0.25, -0.2) is 9.59 Å². The van der Waals surface area contributed by atoms with Crippen molar-refractivity contribution in [1.82, 2.24) is 10.6 Å². The molecule has 2 aromatic rings. The molecule has 6 heteroatoms. The molecule has 0 aromatic heterocycles. The largest absolute Gasteiger partial charge is 0.478 e. The molecular formula is C20H22N2O4. The molecule has 1 aliphatic carbocycles. The normalized spacial score (nSPS) is 21.0. The minimum absolute atomic E-state index is 0.0312. The number of aliphatic hydroxyl groups is 1. The van der Waals surface area contributed by atoms with Gasteiger partial charge in [-0.15, -0.1) is 0 Å². The molecule has 26 heavy (non-hydrogen) atoms. The summed E-state index contributed by atoms with van der Waals surface area (Å²) in [5.74, 6) is -0.716. The molecule has 2 unspecified atom stereocenters. The van der Waals surface area contributed by atoms with E-state index in [2.05, 4.69) is 10.6 Å². The summed E-state index contributed by atoms with van der Waals surface area (Å²) in [5.41, 5.74) is 1.92. The van der Waals surface area contributed by atoms with Crippen molar-refractivity contribution in [3.63, 3.8) is 0 Å². The highest BCUT2D eigenvalue weighted by Gasteiger charge is 2.54. The van der Waals surface area contributed by atoms with Crippen molar-refractivity contribution in [2.75, 3.05) is 13.2 Å². The molecule has 1 saturated carbocycles. The summed E-state index contributed by atoms with van der Waals surface area (Å²) in [5, 5.41) is 24.2. The van der Waals surface area contributed by atoms with Gasteiger partial charge in [-0.3, -0.25) is 0 Å². The van der Waals surface area contributed by atoms with Crippen LogP contribution in [0.15, 0.2) is 54.6 Å². The fraction of sp³-hybridized carbons (Fsp3) is 0.300. The second-order valence-electron chi connectivity index (χ2n) is 6.73. The first kappa shape index (κ1) is 17.9. The van der Waals surface area contributed by atoms with Gasteiger partial charge in [-0.05, 0) is 35.6 Å². The van der Waals surface area contributed by atoms with Gasteiger partial charge in [-0.2, -0.15) is 0 Å². The summed E-state index contributed by atoms with van der Waals surface area (Å²) in [6.45, 7) is 0.746. The predicted octanol–water partition coefficient (Wildman–Crippen LogP) is 2.35. The lowest BCUT2D eigenvalue weighted by Gasteiger charge is -2.16. The molecule has 136 valence electrons. The number of benzene rings is 2. The van der Waals surface area contributed by atoms with Crippen molar-refractivity contribution in [3.8, 4) is 0 Å². The molecule has 0 saturated heterocycles. The summed E-state index contributed by atoms with van der Waals surface area (Å²) >= 11 is 0. The highest BCUT2D eigenvalue weighted by Crippen LogP contribution is 2.58. The first-order valence-corrected chi connectivity index (χ1v) is 8.54. The zero-order chi connectivity index (χ0) is 18.6. The van der Waals surface area contributed by atoms with Crippen LogP contribution in [-0.2, 0) is 6.54 Å². The number of aromatic carboxylic acids is 1. The molecule has 6 nitrogen and oxygen atoms in total. The summed E-state index contributed by atoms with van der Waals surface area (Å²) in [6, 6.07) is 16.1. The van der Waals surface area contributed by atoms with E-state index in [1.54, 1.807) is 12.1 Å². The smallest absolute Gasteiger partial charge is 0.335 e. The maximum Gasteiger partial charge on any atom is 0.335 e. The van der Waals surface area contributed by atoms with Crippen molar-refractivity contribution in [2.24, 2.45) is 5.41 Å². The van der Waals surface area contributed by atoms with Crippen LogP contribution in [0.3, 0.4) is 0 Å². The van der Waals surface area contributed by atoms with E-state index in [1.165, 1.54) is 17.7 Å². The first-order chi connectivity index (χ1) is 12.5. The van der Waals surface area contributed by atoms with Gasteiger partial charge < -0.3 is 20.8 Å². The van der Waals surface area contributed by atoms with Gasteiger partial charge in [0, 0.05) is 18.5 Å². The molecule has 2 amide bonds. The fourth-order valence-electron chi connectivity index (χ4n) is 3.20. The Bertz CT molecular complexity index is 776. The number of carbonyl (C=O) groups excluding carboxylic acids is 1. The van der Waals surface area contributed by atoms with E-state index in [1.807, 2.05) is 30.3 Å². The SMILES string of the molecule is O=C(NCc1ccc(C(=O)O)cc1)NCC1(CO)CC1c1ccccc1. The van der Waals surface area contributed by atoms with Gasteiger partial charge in [0.25, 0.3) is 0 Å². The Morgan fingerprint density at radius 2 is 1.73 bits per heavy atom. The summed E-state index contributed by atoms with van der Waals surface area (Å²) in [6.07, 6.45) is 0.852. The quantitative estimate of drug-likeness (QED) is 0.613. The molecule has 4 N–H and O–H groups in total. The Balaban J connectivity index is 1.47. The Kier molecular flexibility index (Phi) is 5.23. The van der Waals surface area contributed by atoms with Gasteiger partial charge in [0.2, 0.25) is 0 Å². The van der Waals surface area contributed by atoms with Crippen LogP contribution < -0.4 is 10.6 Å².